The number of nitrogens with zero attached hydrogens (tertiary/aromatic N) is 2. The van der Waals surface area contributed by atoms with Crippen molar-refractivity contribution in [3.8, 4) is 17.2 Å². The number of benzene rings is 2. The second-order valence-electron chi connectivity index (χ2n) is 6.89. The molecule has 0 saturated heterocycles. The number of carboxylic acid groups (broad SMARTS) is 1. The third-order valence-corrected chi connectivity index (χ3v) is 5.06. The van der Waals surface area contributed by atoms with E-state index in [4.69, 9.17) is 21.1 Å². The van der Waals surface area contributed by atoms with Gasteiger partial charge in [-0.25, -0.2) is 10.2 Å². The van der Waals surface area contributed by atoms with Gasteiger partial charge < -0.3 is 19.1 Å². The first kappa shape index (κ1) is 22.9. The first-order valence-corrected chi connectivity index (χ1v) is 9.99. The molecule has 0 aliphatic rings. The van der Waals surface area contributed by atoms with Gasteiger partial charge in [-0.1, -0.05) is 11.6 Å². The summed E-state index contributed by atoms with van der Waals surface area (Å²) in [5.74, 6) is -0.269. The van der Waals surface area contributed by atoms with Gasteiger partial charge in [-0.05, 0) is 62.4 Å². The lowest BCUT2D eigenvalue weighted by Gasteiger charge is -2.11. The Kier molecular flexibility index (Phi) is 7.17. The Labute approximate surface area is 190 Å². The van der Waals surface area contributed by atoms with E-state index in [1.165, 1.54) is 12.3 Å². The predicted octanol–water partition coefficient (Wildman–Crippen LogP) is 3.98. The van der Waals surface area contributed by atoms with Crippen LogP contribution in [0.3, 0.4) is 0 Å². The zero-order valence-corrected chi connectivity index (χ0v) is 18.5. The van der Waals surface area contributed by atoms with Crippen LogP contribution in [0.4, 0.5) is 0 Å². The second-order valence-corrected chi connectivity index (χ2v) is 7.30. The highest BCUT2D eigenvalue weighted by Crippen LogP contribution is 2.24. The molecule has 0 unspecified atom stereocenters. The van der Waals surface area contributed by atoms with Crippen molar-refractivity contribution in [1.29, 1.82) is 0 Å². The van der Waals surface area contributed by atoms with E-state index in [2.05, 4.69) is 10.5 Å². The summed E-state index contributed by atoms with van der Waals surface area (Å²) < 4.78 is 12.4. The molecule has 0 aliphatic carbocycles. The smallest absolute Gasteiger partial charge is 0.337 e. The number of hydrogen-bond acceptors (Lipinski definition) is 5. The van der Waals surface area contributed by atoms with E-state index in [9.17, 15) is 14.7 Å². The molecule has 0 saturated carbocycles. The first-order valence-electron chi connectivity index (χ1n) is 9.61. The number of aryl methyl sites for hydroxylation is 1. The van der Waals surface area contributed by atoms with Crippen molar-refractivity contribution in [2.75, 3.05) is 13.7 Å². The number of aromatic nitrogens is 1. The molecule has 166 valence electrons. The molecule has 1 heterocycles. The van der Waals surface area contributed by atoms with Crippen LogP contribution in [0.1, 0.15) is 27.3 Å². The van der Waals surface area contributed by atoms with Gasteiger partial charge in [0.25, 0.3) is 5.91 Å². The van der Waals surface area contributed by atoms with Crippen molar-refractivity contribution >= 4 is 29.7 Å². The number of carboxylic acids is 1. The van der Waals surface area contributed by atoms with Crippen molar-refractivity contribution in [1.82, 2.24) is 9.99 Å². The molecule has 2 aromatic carbocycles. The average Bonchev–Trinajstić information content (AvgIpc) is 3.06. The molecular formula is C23H22ClN3O5. The number of ether oxygens (including phenoxy) is 2. The van der Waals surface area contributed by atoms with Crippen molar-refractivity contribution in [3.63, 3.8) is 0 Å². The molecule has 0 atom stereocenters. The number of aromatic carboxylic acids is 1. The minimum absolute atomic E-state index is 0.0241. The molecule has 0 radical (unpaired) electrons. The average molecular weight is 456 g/mol. The fourth-order valence-electron chi connectivity index (χ4n) is 3.16. The molecule has 9 heteroatoms. The molecule has 0 fully saturated rings. The van der Waals surface area contributed by atoms with E-state index >= 15 is 0 Å². The van der Waals surface area contributed by atoms with Crippen molar-refractivity contribution in [3.05, 3.63) is 76.1 Å². The minimum atomic E-state index is -1.10. The molecule has 1 amide bonds. The maximum Gasteiger partial charge on any atom is 0.337 e. The van der Waals surface area contributed by atoms with E-state index in [1.54, 1.807) is 43.5 Å². The molecule has 3 rings (SSSR count). The van der Waals surface area contributed by atoms with Crippen molar-refractivity contribution < 1.29 is 24.2 Å². The van der Waals surface area contributed by atoms with Crippen LogP contribution in [0.25, 0.3) is 5.69 Å². The predicted molar refractivity (Wildman–Crippen MR) is 121 cm³/mol. The Hall–Kier alpha value is -3.78. The maximum absolute atomic E-state index is 12.0. The van der Waals surface area contributed by atoms with Gasteiger partial charge in [0, 0.05) is 22.6 Å². The van der Waals surface area contributed by atoms with Crippen LogP contribution in [0, 0.1) is 13.8 Å². The maximum atomic E-state index is 12.0. The SMILES string of the molecule is COc1ccc(OCC(=O)N/N=C/c2cc(C)n(-c3ccc(Cl)c(C(=O)O)c3)c2C)cc1. The number of amides is 1. The van der Waals surface area contributed by atoms with E-state index < -0.39 is 11.9 Å². The summed E-state index contributed by atoms with van der Waals surface area (Å²) in [4.78, 5) is 23.4. The third kappa shape index (κ3) is 5.28. The van der Waals surface area contributed by atoms with Gasteiger partial charge >= 0.3 is 5.97 Å². The molecule has 3 aromatic rings. The van der Waals surface area contributed by atoms with E-state index in [0.29, 0.717) is 17.2 Å². The highest BCUT2D eigenvalue weighted by Gasteiger charge is 2.14. The molecule has 8 nitrogen and oxygen atoms in total. The van der Waals surface area contributed by atoms with Crippen LogP contribution in [0.5, 0.6) is 11.5 Å². The Bertz CT molecular complexity index is 1170. The number of nitrogens with one attached hydrogen (secondary N) is 1. The molecule has 0 bridgehead atoms. The summed E-state index contributed by atoms with van der Waals surface area (Å²) in [7, 11) is 1.57. The fourth-order valence-corrected chi connectivity index (χ4v) is 3.36. The Morgan fingerprint density at radius 2 is 1.81 bits per heavy atom. The summed E-state index contributed by atoms with van der Waals surface area (Å²) in [6.45, 7) is 3.57. The minimum Gasteiger partial charge on any atom is -0.497 e. The lowest BCUT2D eigenvalue weighted by atomic mass is 10.2. The number of hydrogen-bond donors (Lipinski definition) is 2. The van der Waals surface area contributed by atoms with Gasteiger partial charge in [0.2, 0.25) is 0 Å². The van der Waals surface area contributed by atoms with Gasteiger partial charge in [-0.3, -0.25) is 4.79 Å². The fraction of sp³-hybridized carbons (Fsp3) is 0.174. The van der Waals surface area contributed by atoms with Crippen LogP contribution in [0.2, 0.25) is 5.02 Å². The molecule has 0 spiro atoms. The molecule has 2 N–H and O–H groups in total. The summed E-state index contributed by atoms with van der Waals surface area (Å²) in [5, 5.41) is 13.5. The lowest BCUT2D eigenvalue weighted by Crippen LogP contribution is -2.24. The molecular weight excluding hydrogens is 434 g/mol. The van der Waals surface area contributed by atoms with Crippen LogP contribution in [-0.2, 0) is 4.79 Å². The standard InChI is InChI=1S/C23H22ClN3O5/c1-14-10-16(15(2)27(14)17-4-9-21(24)20(11-17)23(29)30)12-25-26-22(28)13-32-19-7-5-18(31-3)6-8-19/h4-12H,13H2,1-3H3,(H,26,28)(H,29,30)/b25-12+. The van der Waals surface area contributed by atoms with Gasteiger partial charge in [-0.2, -0.15) is 5.10 Å². The number of hydrazone groups is 1. The van der Waals surface area contributed by atoms with Gasteiger partial charge in [0.05, 0.1) is 23.9 Å². The van der Waals surface area contributed by atoms with Gasteiger partial charge in [0.1, 0.15) is 11.5 Å². The van der Waals surface area contributed by atoms with Gasteiger partial charge in [-0.15, -0.1) is 0 Å². The number of rotatable bonds is 8. The zero-order chi connectivity index (χ0) is 23.3. The summed E-state index contributed by atoms with van der Waals surface area (Å²) in [6.07, 6.45) is 1.53. The summed E-state index contributed by atoms with van der Waals surface area (Å²) >= 11 is 5.97. The van der Waals surface area contributed by atoms with Crippen molar-refractivity contribution in [2.45, 2.75) is 13.8 Å². The third-order valence-electron chi connectivity index (χ3n) is 4.73. The Morgan fingerprint density at radius 3 is 2.47 bits per heavy atom. The van der Waals surface area contributed by atoms with Crippen LogP contribution in [-0.4, -0.2) is 41.5 Å². The Morgan fingerprint density at radius 1 is 1.12 bits per heavy atom. The normalized spacial score (nSPS) is 10.9. The monoisotopic (exact) mass is 455 g/mol. The summed E-state index contributed by atoms with van der Waals surface area (Å²) in [5.41, 5.74) is 5.59. The van der Waals surface area contributed by atoms with E-state index in [0.717, 1.165) is 17.0 Å². The van der Waals surface area contributed by atoms with Gasteiger partial charge in [0.15, 0.2) is 6.61 Å². The number of halogens is 1. The number of methoxy groups -OCH3 is 1. The van der Waals surface area contributed by atoms with E-state index in [1.807, 2.05) is 24.5 Å². The molecule has 1 aromatic heterocycles. The summed E-state index contributed by atoms with van der Waals surface area (Å²) in [6, 6.07) is 13.6. The van der Waals surface area contributed by atoms with Crippen LogP contribution < -0.4 is 14.9 Å². The lowest BCUT2D eigenvalue weighted by molar-refractivity contribution is -0.123. The quantitative estimate of drug-likeness (QED) is 0.395. The molecule has 32 heavy (non-hydrogen) atoms. The largest absolute Gasteiger partial charge is 0.497 e. The topological polar surface area (TPSA) is 102 Å². The number of carbonyl (C=O) groups excluding carboxylic acids is 1. The number of carbonyl (C=O) groups is 2. The van der Waals surface area contributed by atoms with Crippen LogP contribution >= 0.6 is 11.6 Å². The highest BCUT2D eigenvalue weighted by atomic mass is 35.5. The second kappa shape index (κ2) is 10.0. The van der Waals surface area contributed by atoms with Crippen molar-refractivity contribution in [2.24, 2.45) is 5.10 Å². The zero-order valence-electron chi connectivity index (χ0n) is 17.8. The molecule has 0 aliphatic heterocycles. The first-order chi connectivity index (χ1) is 15.3. The Balaban J connectivity index is 1.66. The highest BCUT2D eigenvalue weighted by molar-refractivity contribution is 6.33. The van der Waals surface area contributed by atoms with E-state index in [-0.39, 0.29) is 17.2 Å². The van der Waals surface area contributed by atoms with Crippen LogP contribution in [0.15, 0.2) is 53.6 Å².